The second kappa shape index (κ2) is 8.20. The van der Waals surface area contributed by atoms with E-state index in [-0.39, 0.29) is 12.5 Å². The van der Waals surface area contributed by atoms with Crippen LogP contribution >= 0.6 is 0 Å². The van der Waals surface area contributed by atoms with Crippen molar-refractivity contribution in [3.8, 4) is 17.1 Å². The molecule has 2 aliphatic rings. The highest BCUT2D eigenvalue weighted by atomic mass is 16.5. The highest BCUT2D eigenvalue weighted by Crippen LogP contribution is 2.38. The predicted molar refractivity (Wildman–Crippen MR) is 129 cm³/mol. The van der Waals surface area contributed by atoms with Gasteiger partial charge in [0.15, 0.2) is 5.82 Å². The molecule has 5 N–H and O–H groups in total. The zero-order chi connectivity index (χ0) is 24.1. The van der Waals surface area contributed by atoms with E-state index < -0.39 is 6.10 Å². The number of ether oxygens (including phenoxy) is 1. The smallest absolute Gasteiger partial charge is 0.241 e. The van der Waals surface area contributed by atoms with Crippen LogP contribution in [0.1, 0.15) is 29.3 Å². The molecular formula is C24H24N8O3. The van der Waals surface area contributed by atoms with Crippen LogP contribution in [0.25, 0.3) is 22.0 Å². The highest BCUT2D eigenvalue weighted by Gasteiger charge is 2.25. The first-order chi connectivity index (χ1) is 17.0. The number of hydrogen-bond acceptors (Lipinski definition) is 9. The minimum Gasteiger partial charge on any atom is -0.477 e. The molecule has 6 rings (SSSR count). The van der Waals surface area contributed by atoms with Crippen molar-refractivity contribution in [3.63, 3.8) is 0 Å². The molecule has 0 radical (unpaired) electrons. The maximum Gasteiger partial charge on any atom is 0.241 e. The van der Waals surface area contributed by atoms with Gasteiger partial charge in [-0.15, -0.1) is 0 Å². The number of aromatic nitrogens is 5. The molecule has 6 heterocycles. The number of nitrogens with one attached hydrogen (secondary N) is 2. The zero-order valence-corrected chi connectivity index (χ0v) is 19.1. The van der Waals surface area contributed by atoms with Crippen LogP contribution < -0.4 is 21.1 Å². The van der Waals surface area contributed by atoms with Gasteiger partial charge in [-0.05, 0) is 30.0 Å². The average Bonchev–Trinajstić information content (AvgIpc) is 3.10. The number of aliphatic hydroxyl groups is 1. The van der Waals surface area contributed by atoms with Gasteiger partial charge in [-0.3, -0.25) is 9.48 Å². The number of nitrogens with zero attached hydrogens (tertiary/aromatic N) is 5. The van der Waals surface area contributed by atoms with Crippen LogP contribution in [0, 0.1) is 6.92 Å². The van der Waals surface area contributed by atoms with Crippen molar-refractivity contribution >= 4 is 34.1 Å². The number of hydrogen-bond donors (Lipinski definition) is 4. The van der Waals surface area contributed by atoms with Crippen molar-refractivity contribution < 1.29 is 14.6 Å². The van der Waals surface area contributed by atoms with Crippen LogP contribution in [0.3, 0.4) is 0 Å². The molecule has 1 unspecified atom stereocenters. The van der Waals surface area contributed by atoms with Gasteiger partial charge in [-0.1, -0.05) is 0 Å². The van der Waals surface area contributed by atoms with Crippen molar-refractivity contribution in [3.05, 3.63) is 47.4 Å². The number of nitrogens with two attached hydrogens (primary N) is 1. The lowest BCUT2D eigenvalue weighted by Gasteiger charge is -2.24. The van der Waals surface area contributed by atoms with Crippen LogP contribution in [0.15, 0.2) is 30.6 Å². The molecule has 2 aliphatic heterocycles. The summed E-state index contributed by atoms with van der Waals surface area (Å²) in [6.07, 6.45) is 3.99. The van der Waals surface area contributed by atoms with Gasteiger partial charge < -0.3 is 26.2 Å². The summed E-state index contributed by atoms with van der Waals surface area (Å²) in [5.41, 5.74) is 10.3. The topological polar surface area (TPSA) is 153 Å². The lowest BCUT2D eigenvalue weighted by molar-refractivity contribution is -0.121. The molecule has 0 fully saturated rings. The molecule has 1 atom stereocenters. The minimum atomic E-state index is -0.625. The summed E-state index contributed by atoms with van der Waals surface area (Å²) >= 11 is 0. The third kappa shape index (κ3) is 3.79. The number of carbonyl (C=O) groups excluding carboxylic acids is 1. The summed E-state index contributed by atoms with van der Waals surface area (Å²) in [6, 6.07) is 5.74. The number of nitrogen functional groups attached to an aromatic ring is 1. The number of rotatable bonds is 3. The van der Waals surface area contributed by atoms with Crippen LogP contribution in [0.4, 0.5) is 17.5 Å². The first-order valence-electron chi connectivity index (χ1n) is 11.4. The summed E-state index contributed by atoms with van der Waals surface area (Å²) in [4.78, 5) is 25.3. The van der Waals surface area contributed by atoms with E-state index >= 15 is 0 Å². The average molecular weight is 473 g/mol. The van der Waals surface area contributed by atoms with Gasteiger partial charge in [0.25, 0.3) is 0 Å². The van der Waals surface area contributed by atoms with Gasteiger partial charge in [0.1, 0.15) is 18.2 Å². The van der Waals surface area contributed by atoms with Crippen LogP contribution in [-0.4, -0.2) is 48.9 Å². The molecule has 4 aromatic rings. The monoisotopic (exact) mass is 472 g/mol. The van der Waals surface area contributed by atoms with Gasteiger partial charge in [-0.25, -0.2) is 15.0 Å². The Balaban J connectivity index is 1.36. The summed E-state index contributed by atoms with van der Waals surface area (Å²) < 4.78 is 7.32. The Hall–Kier alpha value is -4.25. The summed E-state index contributed by atoms with van der Waals surface area (Å²) in [7, 11) is 0. The van der Waals surface area contributed by atoms with Crippen LogP contribution in [0.5, 0.6) is 5.88 Å². The summed E-state index contributed by atoms with van der Waals surface area (Å²) in [6.45, 7) is 3.16. The van der Waals surface area contributed by atoms with Crippen LogP contribution in [0.2, 0.25) is 0 Å². The van der Waals surface area contributed by atoms with E-state index in [9.17, 15) is 9.90 Å². The Bertz CT molecular complexity index is 1480. The quantitative estimate of drug-likeness (QED) is 0.351. The molecule has 178 valence electrons. The first kappa shape index (κ1) is 21.3. The number of carbonyl (C=O) groups is 1. The standard InChI is InChI=1S/C24H24N8O3/c1-12-15(9-28-24-22(12)18(33)3-5-35-24)17-6-13-7-19(27-10-16(13)23(25)29-17)30-20-8-14-2-4-26-21(34)11-32(14)31-20/h6-10,18,33H,2-5,11H2,1H3,(H2,25,29)(H,26,34)(H,27,30,31). The molecular weight excluding hydrogens is 448 g/mol. The SMILES string of the molecule is Cc1c(-c2cc3cc(Nc4cc5n(n4)CC(=O)NCC5)ncc3c(N)n2)cnc2c1C(O)CCO2. The molecule has 11 heteroatoms. The molecule has 0 bridgehead atoms. The molecule has 4 aromatic heterocycles. The number of pyridine rings is 3. The maximum absolute atomic E-state index is 11.8. The van der Waals surface area contributed by atoms with Gasteiger partial charge in [-0.2, -0.15) is 5.10 Å². The summed E-state index contributed by atoms with van der Waals surface area (Å²) in [5.74, 6) is 1.97. The van der Waals surface area contributed by atoms with E-state index in [1.807, 2.05) is 25.1 Å². The van der Waals surface area contributed by atoms with Crippen molar-refractivity contribution in [1.82, 2.24) is 30.0 Å². The van der Waals surface area contributed by atoms with Gasteiger partial charge >= 0.3 is 0 Å². The van der Waals surface area contributed by atoms with E-state index in [2.05, 4.69) is 30.7 Å². The molecule has 0 aromatic carbocycles. The van der Waals surface area contributed by atoms with E-state index in [4.69, 9.17) is 10.5 Å². The fourth-order valence-corrected chi connectivity index (χ4v) is 4.66. The normalized spacial score (nSPS) is 17.2. The Morgan fingerprint density at radius 2 is 2.11 bits per heavy atom. The van der Waals surface area contributed by atoms with Gasteiger partial charge in [0.05, 0.1) is 18.4 Å². The number of amides is 1. The highest BCUT2D eigenvalue weighted by molar-refractivity contribution is 5.95. The van der Waals surface area contributed by atoms with Crippen molar-refractivity contribution in [1.29, 1.82) is 0 Å². The third-order valence-corrected chi connectivity index (χ3v) is 6.45. The molecule has 0 aliphatic carbocycles. The predicted octanol–water partition coefficient (Wildman–Crippen LogP) is 2.01. The molecule has 0 saturated carbocycles. The Morgan fingerprint density at radius 3 is 3.00 bits per heavy atom. The maximum atomic E-state index is 11.8. The van der Waals surface area contributed by atoms with Crippen molar-refractivity contribution in [2.24, 2.45) is 0 Å². The van der Waals surface area contributed by atoms with E-state index in [0.29, 0.717) is 60.6 Å². The fourth-order valence-electron chi connectivity index (χ4n) is 4.66. The van der Waals surface area contributed by atoms with E-state index in [1.165, 1.54) is 0 Å². The molecule has 0 spiro atoms. The van der Waals surface area contributed by atoms with Crippen LogP contribution in [-0.2, 0) is 17.8 Å². The van der Waals surface area contributed by atoms with Gasteiger partial charge in [0, 0.05) is 60.1 Å². The third-order valence-electron chi connectivity index (χ3n) is 6.45. The first-order valence-corrected chi connectivity index (χ1v) is 11.4. The molecule has 35 heavy (non-hydrogen) atoms. The second-order valence-corrected chi connectivity index (χ2v) is 8.76. The number of aliphatic hydroxyl groups excluding tert-OH is 1. The largest absolute Gasteiger partial charge is 0.477 e. The van der Waals surface area contributed by atoms with Gasteiger partial charge in [0.2, 0.25) is 11.8 Å². The Labute approximate surface area is 200 Å². The Morgan fingerprint density at radius 1 is 1.23 bits per heavy atom. The molecule has 1 amide bonds. The molecule has 0 saturated heterocycles. The van der Waals surface area contributed by atoms with E-state index in [0.717, 1.165) is 27.6 Å². The fraction of sp³-hybridized carbons (Fsp3) is 0.292. The van der Waals surface area contributed by atoms with Crippen molar-refractivity contribution in [2.75, 3.05) is 24.2 Å². The number of anilines is 3. The second-order valence-electron chi connectivity index (χ2n) is 8.76. The lowest BCUT2D eigenvalue weighted by atomic mass is 9.95. The van der Waals surface area contributed by atoms with Crippen molar-refractivity contribution in [2.45, 2.75) is 32.4 Å². The molecule has 11 nitrogen and oxygen atoms in total. The zero-order valence-electron chi connectivity index (χ0n) is 19.1. The lowest BCUT2D eigenvalue weighted by Crippen LogP contribution is -2.25. The van der Waals surface area contributed by atoms with E-state index in [1.54, 1.807) is 17.1 Å². The number of fused-ring (bicyclic) bond motifs is 3. The summed E-state index contributed by atoms with van der Waals surface area (Å²) in [5, 5.41) is 22.6. The Kier molecular flexibility index (Phi) is 4.99. The minimum absolute atomic E-state index is 0.0521.